The Morgan fingerprint density at radius 3 is 2.65 bits per heavy atom. The molecule has 0 aromatic heterocycles. The van der Waals surface area contributed by atoms with Gasteiger partial charge in [-0.1, -0.05) is 0 Å². The van der Waals surface area contributed by atoms with E-state index in [1.54, 1.807) is 0 Å². The van der Waals surface area contributed by atoms with Crippen LogP contribution in [-0.2, 0) is 4.74 Å². The molecule has 0 aliphatic carbocycles. The van der Waals surface area contributed by atoms with Gasteiger partial charge in [-0.3, -0.25) is 0 Å². The Bertz CT molecular complexity index is 271. The third-order valence-electron chi connectivity index (χ3n) is 2.69. The smallest absolute Gasteiger partial charge is 0.422 e. The predicted molar refractivity (Wildman–Crippen MR) is 55.6 cm³/mol. The fourth-order valence-electron chi connectivity index (χ4n) is 1.89. The summed E-state index contributed by atoms with van der Waals surface area (Å²) in [5.74, 6) is 0.309. The van der Waals surface area contributed by atoms with Crippen LogP contribution in [0.15, 0.2) is 0 Å². The molecule has 1 heterocycles. The molecule has 1 unspecified atom stereocenters. The number of rotatable bonds is 3. The van der Waals surface area contributed by atoms with Crippen molar-refractivity contribution in [2.24, 2.45) is 5.92 Å². The second kappa shape index (κ2) is 5.57. The lowest BCUT2D eigenvalue weighted by Gasteiger charge is -2.21. The van der Waals surface area contributed by atoms with Gasteiger partial charge in [0.2, 0.25) is 0 Å². The number of halogens is 3. The van der Waals surface area contributed by atoms with E-state index in [9.17, 15) is 18.0 Å². The fourth-order valence-corrected chi connectivity index (χ4v) is 1.89. The van der Waals surface area contributed by atoms with E-state index in [1.807, 2.05) is 7.05 Å². The van der Waals surface area contributed by atoms with Crippen molar-refractivity contribution in [1.82, 2.24) is 9.80 Å². The second-order valence-electron chi connectivity index (χ2n) is 4.47. The minimum atomic E-state index is -4.47. The Kier molecular flexibility index (Phi) is 4.62. The van der Waals surface area contributed by atoms with Gasteiger partial charge in [0, 0.05) is 20.1 Å². The Hall–Kier alpha value is -0.980. The minimum Gasteiger partial charge on any atom is -0.440 e. The molecule has 0 saturated carbocycles. The van der Waals surface area contributed by atoms with E-state index in [-0.39, 0.29) is 0 Å². The first-order chi connectivity index (χ1) is 7.78. The van der Waals surface area contributed by atoms with Crippen LogP contribution in [0.25, 0.3) is 0 Å². The molecule has 17 heavy (non-hydrogen) atoms. The number of nitrogens with zero attached hydrogens (tertiary/aromatic N) is 2. The molecule has 100 valence electrons. The first-order valence-electron chi connectivity index (χ1n) is 5.41. The topological polar surface area (TPSA) is 32.8 Å². The first kappa shape index (κ1) is 14.1. The van der Waals surface area contributed by atoms with Gasteiger partial charge in [-0.25, -0.2) is 4.79 Å². The zero-order valence-corrected chi connectivity index (χ0v) is 9.96. The van der Waals surface area contributed by atoms with Crippen molar-refractivity contribution in [3.05, 3.63) is 0 Å². The molecule has 1 rings (SSSR count). The van der Waals surface area contributed by atoms with E-state index in [2.05, 4.69) is 9.64 Å². The maximum absolute atomic E-state index is 11.8. The molecule has 1 atom stereocenters. The quantitative estimate of drug-likeness (QED) is 0.766. The lowest BCUT2D eigenvalue weighted by Crippen LogP contribution is -2.35. The Morgan fingerprint density at radius 2 is 2.18 bits per heavy atom. The average molecular weight is 254 g/mol. The van der Waals surface area contributed by atoms with Gasteiger partial charge < -0.3 is 14.5 Å². The van der Waals surface area contributed by atoms with E-state index >= 15 is 0 Å². The van der Waals surface area contributed by atoms with Crippen LogP contribution in [0.5, 0.6) is 0 Å². The monoisotopic (exact) mass is 254 g/mol. The molecular weight excluding hydrogens is 237 g/mol. The highest BCUT2D eigenvalue weighted by Gasteiger charge is 2.31. The molecule has 0 spiro atoms. The number of carbonyl (C=O) groups is 1. The summed E-state index contributed by atoms with van der Waals surface area (Å²) in [7, 11) is 3.43. The van der Waals surface area contributed by atoms with Crippen LogP contribution < -0.4 is 0 Å². The summed E-state index contributed by atoms with van der Waals surface area (Å²) in [6.45, 7) is 0.717. The number of likely N-dealkylation sites (tertiary alicyclic amines) is 1. The predicted octanol–water partition coefficient (Wildman–Crippen LogP) is 1.57. The minimum absolute atomic E-state index is 0.309. The molecule has 4 nitrogen and oxygen atoms in total. The second-order valence-corrected chi connectivity index (χ2v) is 4.47. The maximum atomic E-state index is 11.8. The Labute approximate surface area is 98.3 Å². The highest BCUT2D eigenvalue weighted by Crippen LogP contribution is 2.17. The summed E-state index contributed by atoms with van der Waals surface area (Å²) < 4.78 is 39.7. The highest BCUT2D eigenvalue weighted by molar-refractivity contribution is 5.67. The van der Waals surface area contributed by atoms with Crippen molar-refractivity contribution >= 4 is 6.09 Å². The van der Waals surface area contributed by atoms with Crippen molar-refractivity contribution in [2.45, 2.75) is 12.6 Å². The molecule has 0 N–H and O–H groups in total. The van der Waals surface area contributed by atoms with Crippen LogP contribution in [0.1, 0.15) is 6.42 Å². The van der Waals surface area contributed by atoms with Gasteiger partial charge in [-0.2, -0.15) is 13.2 Å². The maximum Gasteiger partial charge on any atom is 0.422 e. The van der Waals surface area contributed by atoms with Crippen LogP contribution in [0.3, 0.4) is 0 Å². The number of hydrogen-bond acceptors (Lipinski definition) is 3. The highest BCUT2D eigenvalue weighted by atomic mass is 19.4. The largest absolute Gasteiger partial charge is 0.440 e. The Morgan fingerprint density at radius 1 is 1.53 bits per heavy atom. The van der Waals surface area contributed by atoms with E-state index in [0.29, 0.717) is 12.5 Å². The molecule has 1 amide bonds. The van der Waals surface area contributed by atoms with Crippen LogP contribution >= 0.6 is 0 Å². The van der Waals surface area contributed by atoms with Gasteiger partial charge in [0.25, 0.3) is 0 Å². The van der Waals surface area contributed by atoms with Crippen molar-refractivity contribution in [1.29, 1.82) is 0 Å². The number of amides is 1. The molecule has 7 heteroatoms. The zero-order valence-electron chi connectivity index (χ0n) is 9.96. The normalized spacial score (nSPS) is 21.6. The Balaban J connectivity index is 2.27. The van der Waals surface area contributed by atoms with Gasteiger partial charge in [-0.05, 0) is 25.9 Å². The van der Waals surface area contributed by atoms with Crippen LogP contribution in [0.2, 0.25) is 0 Å². The third kappa shape index (κ3) is 5.25. The summed E-state index contributed by atoms with van der Waals surface area (Å²) in [5, 5.41) is 0. The zero-order chi connectivity index (χ0) is 13.1. The average Bonchev–Trinajstić information content (AvgIpc) is 2.59. The van der Waals surface area contributed by atoms with Crippen LogP contribution in [0.4, 0.5) is 18.0 Å². The molecule has 0 bridgehead atoms. The van der Waals surface area contributed by atoms with Crippen LogP contribution in [-0.4, -0.2) is 62.4 Å². The van der Waals surface area contributed by atoms with Gasteiger partial charge in [0.05, 0.1) is 0 Å². The summed E-state index contributed by atoms with van der Waals surface area (Å²) in [6.07, 6.45) is -4.44. The molecule has 0 radical (unpaired) electrons. The SMILES string of the molecule is CN1CCC(CN(C)C(=O)OCC(F)(F)F)C1. The summed E-state index contributed by atoms with van der Waals surface area (Å²) >= 11 is 0. The molecule has 1 saturated heterocycles. The van der Waals surface area contributed by atoms with Gasteiger partial charge in [0.15, 0.2) is 6.61 Å². The van der Waals surface area contributed by atoms with E-state index in [1.165, 1.54) is 11.9 Å². The lowest BCUT2D eigenvalue weighted by atomic mass is 10.1. The van der Waals surface area contributed by atoms with E-state index in [4.69, 9.17) is 0 Å². The van der Waals surface area contributed by atoms with Gasteiger partial charge in [-0.15, -0.1) is 0 Å². The molecular formula is C10H17F3N2O2. The van der Waals surface area contributed by atoms with Crippen molar-refractivity contribution < 1.29 is 22.7 Å². The number of hydrogen-bond donors (Lipinski definition) is 0. The van der Waals surface area contributed by atoms with Crippen molar-refractivity contribution in [3.63, 3.8) is 0 Å². The lowest BCUT2D eigenvalue weighted by molar-refractivity contribution is -0.162. The first-order valence-corrected chi connectivity index (χ1v) is 5.41. The van der Waals surface area contributed by atoms with Crippen molar-refractivity contribution in [2.75, 3.05) is 40.3 Å². The van der Waals surface area contributed by atoms with Gasteiger partial charge in [0.1, 0.15) is 0 Å². The third-order valence-corrected chi connectivity index (χ3v) is 2.69. The summed E-state index contributed by atoms with van der Waals surface area (Å²) in [5.41, 5.74) is 0. The molecule has 1 aliphatic rings. The standard InChI is InChI=1S/C10H17F3N2O2/c1-14-4-3-8(5-14)6-15(2)9(16)17-7-10(11,12)13/h8H,3-7H2,1-2H3. The molecule has 1 aliphatic heterocycles. The number of ether oxygens (including phenoxy) is 1. The van der Waals surface area contributed by atoms with Crippen LogP contribution in [0, 0.1) is 5.92 Å². The summed E-state index contributed by atoms with van der Waals surface area (Å²) in [6, 6.07) is 0. The van der Waals surface area contributed by atoms with E-state index < -0.39 is 18.9 Å². The molecule has 1 fully saturated rings. The number of alkyl halides is 3. The molecule has 0 aromatic rings. The number of carbonyl (C=O) groups excluding carboxylic acids is 1. The fraction of sp³-hybridized carbons (Fsp3) is 0.900. The molecule has 0 aromatic carbocycles. The summed E-state index contributed by atoms with van der Waals surface area (Å²) in [4.78, 5) is 14.6. The van der Waals surface area contributed by atoms with E-state index in [0.717, 1.165) is 19.5 Å². The van der Waals surface area contributed by atoms with Gasteiger partial charge >= 0.3 is 12.3 Å². The van der Waals surface area contributed by atoms with Crippen molar-refractivity contribution in [3.8, 4) is 0 Å².